The lowest BCUT2D eigenvalue weighted by atomic mass is 9.98. The van der Waals surface area contributed by atoms with E-state index in [4.69, 9.17) is 28.1 Å². The average Bonchev–Trinajstić information content (AvgIpc) is 3.15. The molecule has 0 fully saturated rings. The van der Waals surface area contributed by atoms with Crippen molar-refractivity contribution in [3.8, 4) is 28.6 Å². The Morgan fingerprint density at radius 1 is 1.12 bits per heavy atom. The van der Waals surface area contributed by atoms with E-state index in [9.17, 15) is 9.90 Å². The standard InChI is InChI=1S/C26H28O8/c1-15(12-29-4)19-7-6-16(8-20(19)27)22-11-21(28)25-23(30-5)9-17(10-24(25)33-22)31-13-18-14-32-26(2,3)34-18/h6-11,14-15,27H,12-13H2,1-5H3. The molecule has 1 aliphatic rings. The Bertz CT molecular complexity index is 1290. The Hall–Kier alpha value is -3.65. The first-order valence-electron chi connectivity index (χ1n) is 10.9. The van der Waals surface area contributed by atoms with Crippen LogP contribution in [0, 0.1) is 0 Å². The molecule has 2 heterocycles. The predicted octanol–water partition coefficient (Wildman–Crippen LogP) is 4.93. The molecule has 1 aliphatic heterocycles. The van der Waals surface area contributed by atoms with E-state index < -0.39 is 5.79 Å². The SMILES string of the molecule is COCC(C)c1ccc(-c2cc(=O)c3c(OC)cc(OCC4=COC(C)(C)O4)cc3o2)cc1O. The summed E-state index contributed by atoms with van der Waals surface area (Å²) in [5, 5.41) is 10.8. The van der Waals surface area contributed by atoms with Crippen molar-refractivity contribution in [2.45, 2.75) is 32.5 Å². The van der Waals surface area contributed by atoms with Crippen LogP contribution in [0.1, 0.15) is 32.3 Å². The third-order valence-electron chi connectivity index (χ3n) is 5.48. The third-order valence-corrected chi connectivity index (χ3v) is 5.48. The van der Waals surface area contributed by atoms with Crippen molar-refractivity contribution in [2.75, 3.05) is 27.4 Å². The number of fused-ring (bicyclic) bond motifs is 1. The lowest BCUT2D eigenvalue weighted by molar-refractivity contribution is -0.119. The molecular formula is C26H28O8. The molecule has 8 heteroatoms. The van der Waals surface area contributed by atoms with Crippen LogP contribution in [0.3, 0.4) is 0 Å². The summed E-state index contributed by atoms with van der Waals surface area (Å²) in [6, 6.07) is 9.81. The van der Waals surface area contributed by atoms with Gasteiger partial charge in [0, 0.05) is 50.6 Å². The number of hydrogen-bond acceptors (Lipinski definition) is 8. The molecule has 0 spiro atoms. The summed E-state index contributed by atoms with van der Waals surface area (Å²) in [6.45, 7) is 6.17. The summed E-state index contributed by atoms with van der Waals surface area (Å²) in [5.41, 5.74) is 1.35. The van der Waals surface area contributed by atoms with E-state index in [1.165, 1.54) is 19.4 Å². The molecule has 0 saturated heterocycles. The quantitative estimate of drug-likeness (QED) is 0.497. The highest BCUT2D eigenvalue weighted by molar-refractivity contribution is 5.86. The van der Waals surface area contributed by atoms with Gasteiger partial charge in [-0.15, -0.1) is 0 Å². The molecular weight excluding hydrogens is 440 g/mol. The Kier molecular flexibility index (Phi) is 6.43. The fourth-order valence-electron chi connectivity index (χ4n) is 3.86. The summed E-state index contributed by atoms with van der Waals surface area (Å²) in [6.07, 6.45) is 1.51. The maximum absolute atomic E-state index is 12.9. The molecule has 1 unspecified atom stereocenters. The van der Waals surface area contributed by atoms with Gasteiger partial charge < -0.3 is 33.2 Å². The van der Waals surface area contributed by atoms with Crippen molar-refractivity contribution >= 4 is 11.0 Å². The van der Waals surface area contributed by atoms with Gasteiger partial charge in [0.15, 0.2) is 11.2 Å². The number of phenolic OH excluding ortho intramolecular Hbond substituents is 1. The highest BCUT2D eigenvalue weighted by atomic mass is 16.7. The van der Waals surface area contributed by atoms with Gasteiger partial charge in [0.25, 0.3) is 0 Å². The van der Waals surface area contributed by atoms with Crippen LogP contribution < -0.4 is 14.9 Å². The van der Waals surface area contributed by atoms with Gasteiger partial charge in [-0.05, 0) is 11.6 Å². The molecule has 0 radical (unpaired) electrons. The van der Waals surface area contributed by atoms with Crippen LogP contribution in [0.5, 0.6) is 17.2 Å². The van der Waals surface area contributed by atoms with E-state index in [2.05, 4.69) is 0 Å². The monoisotopic (exact) mass is 468 g/mol. The zero-order chi connectivity index (χ0) is 24.5. The lowest BCUT2D eigenvalue weighted by Crippen LogP contribution is -2.21. The molecule has 1 N–H and O–H groups in total. The lowest BCUT2D eigenvalue weighted by Gasteiger charge is -2.18. The molecule has 0 saturated carbocycles. The zero-order valence-electron chi connectivity index (χ0n) is 19.8. The molecule has 4 rings (SSSR count). The second-order valence-corrected chi connectivity index (χ2v) is 8.60. The van der Waals surface area contributed by atoms with E-state index in [1.54, 1.807) is 51.3 Å². The van der Waals surface area contributed by atoms with Crippen LogP contribution >= 0.6 is 0 Å². The molecule has 0 bridgehead atoms. The molecule has 34 heavy (non-hydrogen) atoms. The Morgan fingerprint density at radius 2 is 1.91 bits per heavy atom. The molecule has 180 valence electrons. The highest BCUT2D eigenvalue weighted by Gasteiger charge is 2.28. The van der Waals surface area contributed by atoms with Crippen LogP contribution in [0.4, 0.5) is 0 Å². The van der Waals surface area contributed by atoms with Crippen molar-refractivity contribution in [3.63, 3.8) is 0 Å². The van der Waals surface area contributed by atoms with Gasteiger partial charge in [0.2, 0.25) is 5.79 Å². The highest BCUT2D eigenvalue weighted by Crippen LogP contribution is 2.35. The molecule has 2 aromatic carbocycles. The first kappa shape index (κ1) is 23.5. The summed E-state index contributed by atoms with van der Waals surface area (Å²) < 4.78 is 33.5. The maximum atomic E-state index is 12.9. The number of benzene rings is 2. The first-order chi connectivity index (χ1) is 16.2. The first-order valence-corrected chi connectivity index (χ1v) is 10.9. The van der Waals surface area contributed by atoms with Crippen molar-refractivity contribution < 1.29 is 33.2 Å². The Morgan fingerprint density at radius 3 is 2.56 bits per heavy atom. The molecule has 1 atom stereocenters. The molecule has 3 aromatic rings. The van der Waals surface area contributed by atoms with Gasteiger partial charge in [-0.25, -0.2) is 0 Å². The third kappa shape index (κ3) is 4.82. The minimum absolute atomic E-state index is 0.0153. The van der Waals surface area contributed by atoms with Crippen molar-refractivity contribution in [1.29, 1.82) is 0 Å². The van der Waals surface area contributed by atoms with Crippen molar-refractivity contribution in [1.82, 2.24) is 0 Å². The van der Waals surface area contributed by atoms with Crippen LogP contribution in [0.25, 0.3) is 22.3 Å². The van der Waals surface area contributed by atoms with Crippen molar-refractivity contribution in [3.05, 3.63) is 64.2 Å². The minimum Gasteiger partial charge on any atom is -0.508 e. The van der Waals surface area contributed by atoms with E-state index in [-0.39, 0.29) is 23.7 Å². The van der Waals surface area contributed by atoms with E-state index in [0.717, 1.165) is 5.56 Å². The summed E-state index contributed by atoms with van der Waals surface area (Å²) in [7, 11) is 3.09. The van der Waals surface area contributed by atoms with Gasteiger partial charge in [0.05, 0.1) is 13.7 Å². The van der Waals surface area contributed by atoms with Gasteiger partial charge in [0.1, 0.15) is 46.8 Å². The van der Waals surface area contributed by atoms with Gasteiger partial charge >= 0.3 is 0 Å². The molecule has 8 nitrogen and oxygen atoms in total. The number of aromatic hydroxyl groups is 1. The second kappa shape index (κ2) is 9.30. The normalized spacial score (nSPS) is 15.4. The number of rotatable bonds is 8. The fraction of sp³-hybridized carbons (Fsp3) is 0.346. The van der Waals surface area contributed by atoms with E-state index in [0.29, 0.717) is 46.2 Å². The number of hydrogen-bond donors (Lipinski definition) is 1. The fourth-order valence-corrected chi connectivity index (χ4v) is 3.86. The smallest absolute Gasteiger partial charge is 0.244 e. The zero-order valence-corrected chi connectivity index (χ0v) is 19.8. The summed E-state index contributed by atoms with van der Waals surface area (Å²) in [5.74, 6) is 1.01. The molecule has 0 amide bonds. The van der Waals surface area contributed by atoms with Gasteiger partial charge in [-0.2, -0.15) is 0 Å². The van der Waals surface area contributed by atoms with E-state index >= 15 is 0 Å². The summed E-state index contributed by atoms with van der Waals surface area (Å²) >= 11 is 0. The van der Waals surface area contributed by atoms with Gasteiger partial charge in [-0.3, -0.25) is 4.79 Å². The minimum atomic E-state index is -0.732. The van der Waals surface area contributed by atoms with Crippen LogP contribution in [0.15, 0.2) is 57.6 Å². The maximum Gasteiger partial charge on any atom is 0.244 e. The molecule has 0 aliphatic carbocycles. The topological polar surface area (TPSA) is 96.6 Å². The predicted molar refractivity (Wildman–Crippen MR) is 126 cm³/mol. The average molecular weight is 469 g/mol. The largest absolute Gasteiger partial charge is 0.508 e. The number of methoxy groups -OCH3 is 2. The van der Waals surface area contributed by atoms with Gasteiger partial charge in [-0.1, -0.05) is 19.1 Å². The van der Waals surface area contributed by atoms with Crippen LogP contribution in [-0.2, 0) is 14.2 Å². The number of phenols is 1. The molecule has 1 aromatic heterocycles. The van der Waals surface area contributed by atoms with E-state index in [1.807, 2.05) is 6.92 Å². The van der Waals surface area contributed by atoms with Crippen LogP contribution in [0.2, 0.25) is 0 Å². The Labute approximate surface area is 197 Å². The number of ether oxygens (including phenoxy) is 5. The second-order valence-electron chi connectivity index (χ2n) is 8.60. The van der Waals surface area contributed by atoms with Crippen molar-refractivity contribution in [2.24, 2.45) is 0 Å². The Balaban J connectivity index is 1.67. The van der Waals surface area contributed by atoms with Crippen LogP contribution in [-0.4, -0.2) is 38.3 Å². The summed E-state index contributed by atoms with van der Waals surface area (Å²) in [4.78, 5) is 12.9.